The van der Waals surface area contributed by atoms with Gasteiger partial charge < -0.3 is 15.0 Å². The van der Waals surface area contributed by atoms with Crippen molar-refractivity contribution in [3.05, 3.63) is 65.6 Å². The maximum atomic E-state index is 15.1. The molecule has 0 fully saturated rings. The van der Waals surface area contributed by atoms with Gasteiger partial charge in [0.25, 0.3) is 0 Å². The molecule has 1 aliphatic heterocycles. The summed E-state index contributed by atoms with van der Waals surface area (Å²) < 4.78 is 34.2. The normalized spacial score (nSPS) is 14.7. The fourth-order valence-corrected chi connectivity index (χ4v) is 3.81. The zero-order valence-electron chi connectivity index (χ0n) is 18.6. The molecule has 0 saturated carbocycles. The maximum absolute atomic E-state index is 15.1. The van der Waals surface area contributed by atoms with Crippen LogP contribution in [0.3, 0.4) is 0 Å². The summed E-state index contributed by atoms with van der Waals surface area (Å²) in [6, 6.07) is 8.65. The van der Waals surface area contributed by atoms with Crippen LogP contribution in [0.25, 0.3) is 11.1 Å². The molecule has 0 radical (unpaired) electrons. The van der Waals surface area contributed by atoms with Crippen LogP contribution in [0.5, 0.6) is 5.88 Å². The van der Waals surface area contributed by atoms with Crippen molar-refractivity contribution in [1.29, 1.82) is 0 Å². The lowest BCUT2D eigenvalue weighted by atomic mass is 9.98. The number of aromatic nitrogens is 2. The lowest BCUT2D eigenvalue weighted by Gasteiger charge is -2.24. The van der Waals surface area contributed by atoms with Crippen molar-refractivity contribution >= 4 is 29.0 Å². The van der Waals surface area contributed by atoms with E-state index in [-0.39, 0.29) is 34.2 Å². The van der Waals surface area contributed by atoms with Gasteiger partial charge in [0, 0.05) is 22.9 Å². The van der Waals surface area contributed by atoms with Crippen LogP contribution < -0.4 is 15.0 Å². The van der Waals surface area contributed by atoms with Gasteiger partial charge in [-0.3, -0.25) is 19.4 Å². The lowest BCUT2D eigenvalue weighted by Crippen LogP contribution is -2.40. The second kappa shape index (κ2) is 8.97. The third-order valence-electron chi connectivity index (χ3n) is 5.51. The summed E-state index contributed by atoms with van der Waals surface area (Å²) in [4.78, 5) is 46.5. The molecular weight excluding hydrogens is 446 g/mol. The van der Waals surface area contributed by atoms with E-state index in [4.69, 9.17) is 4.74 Å². The van der Waals surface area contributed by atoms with E-state index in [0.29, 0.717) is 11.3 Å². The molecule has 3 aromatic rings. The van der Waals surface area contributed by atoms with Crippen LogP contribution in [-0.4, -0.2) is 41.2 Å². The SMILES string of the molecule is COc1cc2c(c(F)n1)-c1cc(F)cnc1[C@H](C)C(=O)N2CC(=O)Nc1ccc(C(C)=O)cc1. The lowest BCUT2D eigenvalue weighted by molar-refractivity contribution is -0.122. The fraction of sp³-hybridized carbons (Fsp3) is 0.208. The number of pyridine rings is 2. The van der Waals surface area contributed by atoms with Gasteiger partial charge in [-0.1, -0.05) is 0 Å². The van der Waals surface area contributed by atoms with Gasteiger partial charge in [0.05, 0.1) is 36.2 Å². The number of nitrogens with zero attached hydrogens (tertiary/aromatic N) is 3. The first kappa shape index (κ1) is 23.0. The molecule has 0 bridgehead atoms. The summed E-state index contributed by atoms with van der Waals surface area (Å²) in [6.07, 6.45) is 0.949. The van der Waals surface area contributed by atoms with Gasteiger partial charge in [-0.05, 0) is 44.2 Å². The summed E-state index contributed by atoms with van der Waals surface area (Å²) in [6.45, 7) is 2.51. The summed E-state index contributed by atoms with van der Waals surface area (Å²) in [7, 11) is 1.28. The van der Waals surface area contributed by atoms with Crippen LogP contribution in [0, 0.1) is 11.8 Å². The molecule has 8 nitrogen and oxygen atoms in total. The van der Waals surface area contributed by atoms with Crippen molar-refractivity contribution < 1.29 is 27.9 Å². The Bertz CT molecular complexity index is 1310. The van der Waals surface area contributed by atoms with Gasteiger partial charge in [-0.25, -0.2) is 4.39 Å². The molecule has 4 rings (SSSR count). The highest BCUT2D eigenvalue weighted by Crippen LogP contribution is 2.42. The largest absolute Gasteiger partial charge is 0.481 e. The summed E-state index contributed by atoms with van der Waals surface area (Å²) in [5.74, 6) is -3.93. The topological polar surface area (TPSA) is 101 Å². The average molecular weight is 466 g/mol. The second-order valence-electron chi connectivity index (χ2n) is 7.76. The second-order valence-corrected chi connectivity index (χ2v) is 7.76. The third kappa shape index (κ3) is 4.21. The van der Waals surface area contributed by atoms with Crippen molar-refractivity contribution in [2.45, 2.75) is 19.8 Å². The molecule has 174 valence electrons. The number of nitrogens with one attached hydrogen (secondary N) is 1. The number of ether oxygens (including phenoxy) is 1. The van der Waals surface area contributed by atoms with E-state index in [1.54, 1.807) is 31.2 Å². The van der Waals surface area contributed by atoms with Crippen molar-refractivity contribution in [3.63, 3.8) is 0 Å². The first-order valence-corrected chi connectivity index (χ1v) is 10.3. The quantitative estimate of drug-likeness (QED) is 0.454. The summed E-state index contributed by atoms with van der Waals surface area (Å²) >= 11 is 0. The van der Waals surface area contributed by atoms with Crippen molar-refractivity contribution in [1.82, 2.24) is 9.97 Å². The number of fused-ring (bicyclic) bond motifs is 3. The van der Waals surface area contributed by atoms with E-state index in [1.807, 2.05) is 0 Å². The number of carbonyl (C=O) groups excluding carboxylic acids is 3. The van der Waals surface area contributed by atoms with Gasteiger partial charge in [0.1, 0.15) is 12.4 Å². The van der Waals surface area contributed by atoms with E-state index in [2.05, 4.69) is 15.3 Å². The number of hydrogen-bond acceptors (Lipinski definition) is 6. The summed E-state index contributed by atoms with van der Waals surface area (Å²) in [5.41, 5.74) is 0.994. The average Bonchev–Trinajstić information content (AvgIpc) is 2.88. The first-order valence-electron chi connectivity index (χ1n) is 10.3. The van der Waals surface area contributed by atoms with Crippen LogP contribution >= 0.6 is 0 Å². The minimum atomic E-state index is -0.991. The van der Waals surface area contributed by atoms with Crippen molar-refractivity contribution in [2.24, 2.45) is 0 Å². The zero-order valence-corrected chi connectivity index (χ0v) is 18.6. The molecule has 0 saturated heterocycles. The highest BCUT2D eigenvalue weighted by molar-refractivity contribution is 6.09. The molecule has 0 spiro atoms. The van der Waals surface area contributed by atoms with Gasteiger partial charge in [0.2, 0.25) is 23.6 Å². The number of anilines is 2. The van der Waals surface area contributed by atoms with Crippen LogP contribution in [-0.2, 0) is 9.59 Å². The Morgan fingerprint density at radius 1 is 1.18 bits per heavy atom. The van der Waals surface area contributed by atoms with Crippen LogP contribution in [0.2, 0.25) is 0 Å². The van der Waals surface area contributed by atoms with E-state index >= 15 is 4.39 Å². The Labute approximate surface area is 193 Å². The predicted molar refractivity (Wildman–Crippen MR) is 120 cm³/mol. The first-order chi connectivity index (χ1) is 16.2. The minimum Gasteiger partial charge on any atom is -0.481 e. The van der Waals surface area contributed by atoms with E-state index < -0.39 is 36.0 Å². The van der Waals surface area contributed by atoms with E-state index in [0.717, 1.165) is 17.2 Å². The number of benzene rings is 1. The standard InChI is InChI=1S/C24H20F2N4O4/c1-12-22-17(8-15(25)10-27-22)21-18(9-20(34-3)29-23(21)26)30(24(12)33)11-19(32)28-16-6-4-14(5-7-16)13(2)31/h4-10,12H,11H2,1-3H3,(H,28,32)/t12-/m0/s1. The molecule has 1 aromatic carbocycles. The monoisotopic (exact) mass is 466 g/mol. The molecule has 0 aliphatic carbocycles. The Morgan fingerprint density at radius 3 is 2.53 bits per heavy atom. The smallest absolute Gasteiger partial charge is 0.244 e. The van der Waals surface area contributed by atoms with Gasteiger partial charge in [0.15, 0.2) is 5.78 Å². The Balaban J connectivity index is 1.74. The Hall–Kier alpha value is -4.21. The number of amides is 2. The Kier molecular flexibility index (Phi) is 6.06. The van der Waals surface area contributed by atoms with Crippen LogP contribution in [0.4, 0.5) is 20.2 Å². The number of methoxy groups -OCH3 is 1. The number of halogens is 2. The van der Waals surface area contributed by atoms with Gasteiger partial charge >= 0.3 is 0 Å². The maximum Gasteiger partial charge on any atom is 0.244 e. The number of ketones is 1. The number of hydrogen-bond donors (Lipinski definition) is 1. The third-order valence-corrected chi connectivity index (χ3v) is 5.51. The highest BCUT2D eigenvalue weighted by atomic mass is 19.1. The number of Topliss-reactive ketones (excluding diaryl/α,β-unsaturated/α-hetero) is 1. The van der Waals surface area contributed by atoms with Crippen molar-refractivity contribution in [2.75, 3.05) is 23.9 Å². The summed E-state index contributed by atoms with van der Waals surface area (Å²) in [5, 5.41) is 2.66. The molecule has 3 heterocycles. The zero-order chi connectivity index (χ0) is 24.6. The molecule has 0 unspecified atom stereocenters. The number of carbonyl (C=O) groups is 3. The molecule has 1 atom stereocenters. The molecule has 1 N–H and O–H groups in total. The molecule has 2 aromatic heterocycles. The van der Waals surface area contributed by atoms with E-state index in [9.17, 15) is 18.8 Å². The van der Waals surface area contributed by atoms with Crippen molar-refractivity contribution in [3.8, 4) is 17.0 Å². The molecule has 34 heavy (non-hydrogen) atoms. The van der Waals surface area contributed by atoms with Gasteiger partial charge in [-0.2, -0.15) is 9.37 Å². The van der Waals surface area contributed by atoms with Crippen LogP contribution in [0.1, 0.15) is 35.8 Å². The predicted octanol–water partition coefficient (Wildman–Crippen LogP) is 3.72. The molecule has 1 aliphatic rings. The molecular formula is C24H20F2N4O4. The minimum absolute atomic E-state index is 0.00873. The highest BCUT2D eigenvalue weighted by Gasteiger charge is 2.36. The van der Waals surface area contributed by atoms with Crippen LogP contribution in [0.15, 0.2) is 42.6 Å². The molecule has 10 heteroatoms. The van der Waals surface area contributed by atoms with E-state index in [1.165, 1.54) is 20.1 Å². The molecule has 2 amide bonds. The number of rotatable bonds is 5. The fourth-order valence-electron chi connectivity index (χ4n) is 3.81. The van der Waals surface area contributed by atoms with Gasteiger partial charge in [-0.15, -0.1) is 0 Å². The Morgan fingerprint density at radius 2 is 1.88 bits per heavy atom.